The van der Waals surface area contributed by atoms with E-state index in [-0.39, 0.29) is 17.7 Å². The Bertz CT molecular complexity index is 1030. The number of aryl methyl sites for hydroxylation is 1. The molecule has 0 radical (unpaired) electrons. The first-order chi connectivity index (χ1) is 13.0. The van der Waals surface area contributed by atoms with Gasteiger partial charge in [0.15, 0.2) is 0 Å². The van der Waals surface area contributed by atoms with Gasteiger partial charge in [0.1, 0.15) is 11.9 Å². The van der Waals surface area contributed by atoms with Gasteiger partial charge in [0.05, 0.1) is 11.0 Å². The summed E-state index contributed by atoms with van der Waals surface area (Å²) in [4.78, 5) is 29.2. The quantitative estimate of drug-likeness (QED) is 0.752. The van der Waals surface area contributed by atoms with Crippen LogP contribution >= 0.6 is 11.6 Å². The van der Waals surface area contributed by atoms with Crippen molar-refractivity contribution in [3.63, 3.8) is 0 Å². The fourth-order valence-corrected chi connectivity index (χ4v) is 3.55. The Morgan fingerprint density at radius 1 is 1.15 bits per heavy atom. The molecule has 0 aliphatic carbocycles. The molecule has 0 unspecified atom stereocenters. The van der Waals surface area contributed by atoms with Crippen molar-refractivity contribution in [2.45, 2.75) is 18.9 Å². The zero-order chi connectivity index (χ0) is 19.0. The molecule has 27 heavy (non-hydrogen) atoms. The Kier molecular flexibility index (Phi) is 4.66. The summed E-state index contributed by atoms with van der Waals surface area (Å²) >= 11 is 5.89. The summed E-state index contributed by atoms with van der Waals surface area (Å²) in [6.07, 6.45) is 1.64. The van der Waals surface area contributed by atoms with E-state index in [0.717, 1.165) is 29.6 Å². The Labute approximate surface area is 161 Å². The maximum atomic E-state index is 12.8. The van der Waals surface area contributed by atoms with E-state index in [1.807, 2.05) is 17.0 Å². The van der Waals surface area contributed by atoms with Crippen LogP contribution in [0.1, 0.15) is 23.2 Å². The summed E-state index contributed by atoms with van der Waals surface area (Å²) < 4.78 is 7.49. The summed E-state index contributed by atoms with van der Waals surface area (Å²) in [5.41, 5.74) is 1.87. The molecule has 1 aliphatic heterocycles. The summed E-state index contributed by atoms with van der Waals surface area (Å²) in [5.74, 6) is 0.776. The average molecular weight is 386 g/mol. The number of nitrogens with zero attached hydrogens (tertiary/aromatic N) is 2. The van der Waals surface area contributed by atoms with Crippen molar-refractivity contribution in [3.8, 4) is 5.75 Å². The lowest BCUT2D eigenvalue weighted by molar-refractivity contribution is 0.0595. The summed E-state index contributed by atoms with van der Waals surface area (Å²) in [6, 6.07) is 12.6. The first kappa shape index (κ1) is 17.7. The van der Waals surface area contributed by atoms with Crippen LogP contribution in [0.5, 0.6) is 5.75 Å². The lowest BCUT2D eigenvalue weighted by Crippen LogP contribution is -2.41. The number of carbonyl (C=O) groups is 1. The zero-order valence-corrected chi connectivity index (χ0v) is 15.7. The Morgan fingerprint density at radius 3 is 2.56 bits per heavy atom. The largest absolute Gasteiger partial charge is 0.490 e. The molecule has 1 aromatic heterocycles. The minimum Gasteiger partial charge on any atom is -0.490 e. The highest BCUT2D eigenvalue weighted by Crippen LogP contribution is 2.22. The Morgan fingerprint density at radius 2 is 1.85 bits per heavy atom. The van der Waals surface area contributed by atoms with Crippen molar-refractivity contribution in [3.05, 3.63) is 63.5 Å². The number of aromatic nitrogens is 2. The van der Waals surface area contributed by atoms with Crippen LogP contribution in [0.3, 0.4) is 0 Å². The zero-order valence-electron chi connectivity index (χ0n) is 14.9. The van der Waals surface area contributed by atoms with E-state index < -0.39 is 0 Å². The molecule has 0 spiro atoms. The predicted molar refractivity (Wildman–Crippen MR) is 105 cm³/mol. The van der Waals surface area contributed by atoms with Crippen molar-refractivity contribution in [2.75, 3.05) is 13.1 Å². The van der Waals surface area contributed by atoms with E-state index in [1.54, 1.807) is 37.4 Å². The standard InChI is InChI=1S/C20H20ClN3O3/c1-23-18-12-13(2-7-17(18)22-20(23)26)19(25)24-10-8-16(9-11-24)27-15-5-3-14(21)4-6-15/h2-7,12,16H,8-11H2,1H3,(H,22,26). The molecule has 1 N–H and O–H groups in total. The van der Waals surface area contributed by atoms with Crippen LogP contribution in [0, 0.1) is 0 Å². The molecule has 4 rings (SSSR count). The topological polar surface area (TPSA) is 67.3 Å². The highest BCUT2D eigenvalue weighted by molar-refractivity contribution is 6.30. The van der Waals surface area contributed by atoms with Crippen LogP contribution in [0.25, 0.3) is 11.0 Å². The van der Waals surface area contributed by atoms with Gasteiger partial charge in [-0.3, -0.25) is 9.36 Å². The van der Waals surface area contributed by atoms with Crippen molar-refractivity contribution < 1.29 is 9.53 Å². The van der Waals surface area contributed by atoms with Crippen LogP contribution < -0.4 is 10.4 Å². The van der Waals surface area contributed by atoms with E-state index in [1.165, 1.54) is 4.57 Å². The van der Waals surface area contributed by atoms with Gasteiger partial charge < -0.3 is 14.6 Å². The van der Waals surface area contributed by atoms with Crippen molar-refractivity contribution in [2.24, 2.45) is 7.05 Å². The molecule has 0 bridgehead atoms. The van der Waals surface area contributed by atoms with Gasteiger partial charge >= 0.3 is 5.69 Å². The molecule has 6 nitrogen and oxygen atoms in total. The number of fused-ring (bicyclic) bond motifs is 1. The molecule has 2 aromatic carbocycles. The van der Waals surface area contributed by atoms with Crippen LogP contribution in [-0.4, -0.2) is 39.6 Å². The second-order valence-electron chi connectivity index (χ2n) is 6.78. The Balaban J connectivity index is 1.41. The Hall–Kier alpha value is -2.73. The number of hydrogen-bond acceptors (Lipinski definition) is 3. The smallest absolute Gasteiger partial charge is 0.326 e. The van der Waals surface area contributed by atoms with Gasteiger partial charge in [0.25, 0.3) is 5.91 Å². The van der Waals surface area contributed by atoms with Gasteiger partial charge in [0, 0.05) is 43.6 Å². The minimum atomic E-state index is -0.185. The number of nitrogens with one attached hydrogen (secondary N) is 1. The number of carbonyl (C=O) groups excluding carboxylic acids is 1. The fourth-order valence-electron chi connectivity index (χ4n) is 3.42. The van der Waals surface area contributed by atoms with E-state index >= 15 is 0 Å². The second kappa shape index (κ2) is 7.12. The molecule has 0 atom stereocenters. The van der Waals surface area contributed by atoms with E-state index in [0.29, 0.717) is 23.7 Å². The number of halogens is 1. The first-order valence-corrected chi connectivity index (χ1v) is 9.29. The molecule has 2 heterocycles. The van der Waals surface area contributed by atoms with Gasteiger partial charge in [-0.15, -0.1) is 0 Å². The van der Waals surface area contributed by atoms with Crippen LogP contribution in [-0.2, 0) is 7.05 Å². The number of amides is 1. The van der Waals surface area contributed by atoms with Crippen molar-refractivity contribution in [1.29, 1.82) is 0 Å². The van der Waals surface area contributed by atoms with E-state index in [4.69, 9.17) is 16.3 Å². The number of likely N-dealkylation sites (tertiary alicyclic amines) is 1. The van der Waals surface area contributed by atoms with E-state index in [9.17, 15) is 9.59 Å². The minimum absolute atomic E-state index is 0.0181. The van der Waals surface area contributed by atoms with Crippen molar-refractivity contribution in [1.82, 2.24) is 14.5 Å². The maximum Gasteiger partial charge on any atom is 0.326 e. The van der Waals surface area contributed by atoms with Crippen LogP contribution in [0.4, 0.5) is 0 Å². The molecule has 7 heteroatoms. The lowest BCUT2D eigenvalue weighted by Gasteiger charge is -2.32. The maximum absolute atomic E-state index is 12.8. The van der Waals surface area contributed by atoms with Gasteiger partial charge in [-0.1, -0.05) is 11.6 Å². The first-order valence-electron chi connectivity index (χ1n) is 8.91. The number of benzene rings is 2. The third-order valence-corrected chi connectivity index (χ3v) is 5.25. The normalized spacial score (nSPS) is 15.3. The number of hydrogen-bond donors (Lipinski definition) is 1. The fraction of sp³-hybridized carbons (Fsp3) is 0.300. The number of ether oxygens (including phenoxy) is 1. The third kappa shape index (κ3) is 3.57. The SMILES string of the molecule is Cn1c(=O)[nH]c2ccc(C(=O)N3CCC(Oc4ccc(Cl)cc4)CC3)cc21. The molecule has 1 amide bonds. The molecule has 1 saturated heterocycles. The summed E-state index contributed by atoms with van der Waals surface area (Å²) in [7, 11) is 1.69. The molecule has 1 fully saturated rings. The summed E-state index contributed by atoms with van der Waals surface area (Å²) in [6.45, 7) is 1.28. The number of aromatic amines is 1. The lowest BCUT2D eigenvalue weighted by atomic mass is 10.1. The van der Waals surface area contributed by atoms with Crippen molar-refractivity contribution >= 4 is 28.5 Å². The molecule has 140 valence electrons. The number of rotatable bonds is 3. The molecular formula is C20H20ClN3O3. The average Bonchev–Trinajstić information content (AvgIpc) is 2.97. The van der Waals surface area contributed by atoms with Crippen LogP contribution in [0.2, 0.25) is 5.02 Å². The summed E-state index contributed by atoms with van der Waals surface area (Å²) in [5, 5.41) is 0.680. The van der Waals surface area contributed by atoms with E-state index in [2.05, 4.69) is 4.98 Å². The van der Waals surface area contributed by atoms with Gasteiger partial charge in [0.2, 0.25) is 0 Å². The molecule has 0 saturated carbocycles. The van der Waals surface area contributed by atoms with Gasteiger partial charge in [-0.25, -0.2) is 4.79 Å². The molecule has 1 aliphatic rings. The number of piperidine rings is 1. The van der Waals surface area contributed by atoms with Crippen LogP contribution in [0.15, 0.2) is 47.3 Å². The predicted octanol–water partition coefficient (Wildman–Crippen LogP) is 3.20. The second-order valence-corrected chi connectivity index (χ2v) is 7.22. The monoisotopic (exact) mass is 385 g/mol. The third-order valence-electron chi connectivity index (χ3n) is 5.00. The molecular weight excluding hydrogens is 366 g/mol. The van der Waals surface area contributed by atoms with Gasteiger partial charge in [-0.05, 0) is 42.5 Å². The number of H-pyrrole nitrogens is 1. The van der Waals surface area contributed by atoms with Gasteiger partial charge in [-0.2, -0.15) is 0 Å². The highest BCUT2D eigenvalue weighted by atomic mass is 35.5. The molecule has 3 aromatic rings. The highest BCUT2D eigenvalue weighted by Gasteiger charge is 2.25. The number of imidazole rings is 1.